The number of carbonyl (C=O) groups excluding carboxylic acids is 1. The van der Waals surface area contributed by atoms with E-state index in [1.807, 2.05) is 20.8 Å². The van der Waals surface area contributed by atoms with Crippen LogP contribution in [0, 0.1) is 0 Å². The van der Waals surface area contributed by atoms with Crippen molar-refractivity contribution in [2.24, 2.45) is 5.84 Å². The number of nitrogen functional groups attached to an aromatic ring is 1. The number of hydrogen-bond acceptors (Lipinski definition) is 3. The number of nitrogens with zero attached hydrogens (tertiary/aromatic N) is 2. The molecular weight excluding hydrogens is 321 g/mol. The maximum atomic E-state index is 12.6. The molecule has 0 aliphatic heterocycles. The van der Waals surface area contributed by atoms with Crippen molar-refractivity contribution in [1.82, 2.24) is 15.2 Å². The third-order valence-electron chi connectivity index (χ3n) is 3.53. The molecule has 0 saturated heterocycles. The molecule has 2 aromatic rings. The summed E-state index contributed by atoms with van der Waals surface area (Å²) in [6.45, 7) is 6.00. The molecule has 8 heteroatoms. The summed E-state index contributed by atoms with van der Waals surface area (Å²) in [7, 11) is 0. The lowest BCUT2D eigenvalue weighted by Gasteiger charge is -2.14. The minimum absolute atomic E-state index is 0.164. The third-order valence-corrected chi connectivity index (χ3v) is 3.53. The first kappa shape index (κ1) is 18.0. The maximum Gasteiger partial charge on any atom is 0.416 e. The molecule has 1 aromatic carbocycles. The molecule has 0 fully saturated rings. The number of rotatable bonds is 3. The summed E-state index contributed by atoms with van der Waals surface area (Å²) >= 11 is 0. The topological polar surface area (TPSA) is 72.9 Å². The van der Waals surface area contributed by atoms with Gasteiger partial charge in [-0.3, -0.25) is 14.9 Å². The van der Waals surface area contributed by atoms with E-state index >= 15 is 0 Å². The summed E-state index contributed by atoms with van der Waals surface area (Å²) < 4.78 is 39.3. The van der Waals surface area contributed by atoms with Gasteiger partial charge in [0.15, 0.2) is 0 Å². The first-order valence-electron chi connectivity index (χ1n) is 7.28. The summed E-state index contributed by atoms with van der Waals surface area (Å²) in [4.78, 5) is 11.9. The molecule has 0 aliphatic rings. The predicted molar refractivity (Wildman–Crippen MR) is 83.1 cm³/mol. The molecule has 2 rings (SSSR count). The van der Waals surface area contributed by atoms with Crippen molar-refractivity contribution in [2.75, 3.05) is 0 Å². The molecule has 130 valence electrons. The highest BCUT2D eigenvalue weighted by Gasteiger charge is 2.30. The van der Waals surface area contributed by atoms with Crippen molar-refractivity contribution >= 4 is 5.91 Å². The molecule has 5 nitrogen and oxygen atoms in total. The molecule has 0 bridgehead atoms. The highest BCUT2D eigenvalue weighted by Crippen LogP contribution is 2.29. The van der Waals surface area contributed by atoms with Crippen molar-refractivity contribution < 1.29 is 18.0 Å². The average Bonchev–Trinajstić information content (AvgIpc) is 2.90. The Hall–Kier alpha value is -2.35. The number of hydrogen-bond donors (Lipinski definition) is 2. The number of amides is 1. The van der Waals surface area contributed by atoms with Crippen LogP contribution in [-0.2, 0) is 18.1 Å². The van der Waals surface area contributed by atoms with Crippen LogP contribution in [0.25, 0.3) is 0 Å². The predicted octanol–water partition coefficient (Wildman–Crippen LogP) is 2.85. The molecule has 0 unspecified atom stereocenters. The fraction of sp³-hybridized carbons (Fsp3) is 0.375. The first-order valence-corrected chi connectivity index (χ1v) is 7.28. The van der Waals surface area contributed by atoms with Crippen LogP contribution in [0.5, 0.6) is 0 Å². The Kier molecular flexibility index (Phi) is 4.70. The van der Waals surface area contributed by atoms with Gasteiger partial charge in [0, 0.05) is 5.41 Å². The van der Waals surface area contributed by atoms with Crippen LogP contribution < -0.4 is 11.3 Å². The summed E-state index contributed by atoms with van der Waals surface area (Å²) in [5.74, 6) is 4.68. The number of nitrogens with one attached hydrogen (secondary N) is 1. The van der Waals surface area contributed by atoms with Gasteiger partial charge in [-0.05, 0) is 23.8 Å². The van der Waals surface area contributed by atoms with Crippen LogP contribution in [0.1, 0.15) is 48.1 Å². The summed E-state index contributed by atoms with van der Waals surface area (Å²) in [5.41, 5.74) is 2.58. The maximum absolute atomic E-state index is 12.6. The minimum Gasteiger partial charge on any atom is -0.289 e. The largest absolute Gasteiger partial charge is 0.416 e. The Morgan fingerprint density at radius 2 is 1.79 bits per heavy atom. The molecule has 0 aliphatic carbocycles. The van der Waals surface area contributed by atoms with Gasteiger partial charge in [-0.2, -0.15) is 18.3 Å². The average molecular weight is 340 g/mol. The summed E-state index contributed by atoms with van der Waals surface area (Å²) in [5, 5.41) is 4.40. The zero-order valence-electron chi connectivity index (χ0n) is 13.6. The lowest BCUT2D eigenvalue weighted by atomic mass is 9.92. The van der Waals surface area contributed by atoms with E-state index < -0.39 is 17.6 Å². The molecule has 0 radical (unpaired) electrons. The van der Waals surface area contributed by atoms with Crippen molar-refractivity contribution in [3.63, 3.8) is 0 Å². The molecular formula is C16H19F3N4O. The quantitative estimate of drug-likeness (QED) is 0.513. The number of benzene rings is 1. The van der Waals surface area contributed by atoms with Gasteiger partial charge >= 0.3 is 6.18 Å². The van der Waals surface area contributed by atoms with Gasteiger partial charge in [-0.25, -0.2) is 5.84 Å². The van der Waals surface area contributed by atoms with Crippen molar-refractivity contribution in [3.05, 3.63) is 52.8 Å². The Labute approximate surface area is 137 Å². The van der Waals surface area contributed by atoms with E-state index in [1.54, 1.807) is 6.07 Å². The third kappa shape index (κ3) is 3.94. The SMILES string of the molecule is CC(C)(C)c1cc(C(=O)NN)n(Cc2ccc(C(F)(F)F)cc2)n1. The van der Waals surface area contributed by atoms with Gasteiger partial charge in [-0.15, -0.1) is 0 Å². The molecule has 0 atom stereocenters. The number of halogens is 3. The standard InChI is InChI=1S/C16H19F3N4O/c1-15(2,3)13-8-12(14(24)21-20)23(22-13)9-10-4-6-11(7-5-10)16(17,18)19/h4-8H,9,20H2,1-3H3,(H,21,24). The Morgan fingerprint density at radius 1 is 1.21 bits per heavy atom. The Morgan fingerprint density at radius 3 is 2.25 bits per heavy atom. The molecule has 0 saturated carbocycles. The minimum atomic E-state index is -4.38. The number of aromatic nitrogens is 2. The zero-order valence-corrected chi connectivity index (χ0v) is 13.6. The van der Waals surface area contributed by atoms with E-state index in [2.05, 4.69) is 10.5 Å². The van der Waals surface area contributed by atoms with E-state index in [4.69, 9.17) is 5.84 Å². The van der Waals surface area contributed by atoms with Gasteiger partial charge in [0.25, 0.3) is 5.91 Å². The highest BCUT2D eigenvalue weighted by atomic mass is 19.4. The first-order chi connectivity index (χ1) is 11.0. The fourth-order valence-corrected chi connectivity index (χ4v) is 2.13. The van der Waals surface area contributed by atoms with Crippen LogP contribution in [0.15, 0.2) is 30.3 Å². The molecule has 1 amide bonds. The second-order valence-corrected chi connectivity index (χ2v) is 6.49. The van der Waals surface area contributed by atoms with Crippen LogP contribution in [-0.4, -0.2) is 15.7 Å². The van der Waals surface area contributed by atoms with Gasteiger partial charge in [-0.1, -0.05) is 32.9 Å². The summed E-state index contributed by atoms with van der Waals surface area (Å²) in [6, 6.07) is 6.38. The van der Waals surface area contributed by atoms with E-state index in [-0.39, 0.29) is 17.7 Å². The van der Waals surface area contributed by atoms with E-state index in [0.717, 1.165) is 12.1 Å². The molecule has 1 heterocycles. The van der Waals surface area contributed by atoms with Gasteiger partial charge in [0.1, 0.15) is 5.69 Å². The Balaban J connectivity index is 2.34. The van der Waals surface area contributed by atoms with Gasteiger partial charge in [0.05, 0.1) is 17.8 Å². The number of hydrazine groups is 1. The van der Waals surface area contributed by atoms with Crippen molar-refractivity contribution in [2.45, 2.75) is 38.9 Å². The van der Waals surface area contributed by atoms with E-state index in [0.29, 0.717) is 11.3 Å². The normalized spacial score (nSPS) is 12.3. The second-order valence-electron chi connectivity index (χ2n) is 6.49. The van der Waals surface area contributed by atoms with E-state index in [9.17, 15) is 18.0 Å². The number of carbonyl (C=O) groups is 1. The van der Waals surface area contributed by atoms with Crippen LogP contribution in [0.4, 0.5) is 13.2 Å². The number of nitrogens with two attached hydrogens (primary N) is 1. The van der Waals surface area contributed by atoms with Crippen LogP contribution >= 0.6 is 0 Å². The second kappa shape index (κ2) is 6.27. The smallest absolute Gasteiger partial charge is 0.289 e. The lowest BCUT2D eigenvalue weighted by molar-refractivity contribution is -0.137. The molecule has 1 aromatic heterocycles. The van der Waals surface area contributed by atoms with Crippen molar-refractivity contribution in [1.29, 1.82) is 0 Å². The highest BCUT2D eigenvalue weighted by molar-refractivity contribution is 5.92. The van der Waals surface area contributed by atoms with E-state index in [1.165, 1.54) is 16.8 Å². The lowest BCUT2D eigenvalue weighted by Crippen LogP contribution is -2.32. The number of alkyl halides is 3. The molecule has 3 N–H and O–H groups in total. The molecule has 24 heavy (non-hydrogen) atoms. The van der Waals surface area contributed by atoms with Gasteiger partial charge in [0.2, 0.25) is 0 Å². The fourth-order valence-electron chi connectivity index (χ4n) is 2.13. The van der Waals surface area contributed by atoms with Crippen molar-refractivity contribution in [3.8, 4) is 0 Å². The van der Waals surface area contributed by atoms with Crippen LogP contribution in [0.3, 0.4) is 0 Å². The van der Waals surface area contributed by atoms with Gasteiger partial charge < -0.3 is 0 Å². The summed E-state index contributed by atoms with van der Waals surface area (Å²) in [6.07, 6.45) is -4.38. The monoisotopic (exact) mass is 340 g/mol. The zero-order chi connectivity index (χ0) is 18.1. The molecule has 0 spiro atoms. The van der Waals surface area contributed by atoms with Crippen LogP contribution in [0.2, 0.25) is 0 Å². The Bertz CT molecular complexity index is 727.